The molecule has 2 nitrogen and oxygen atoms in total. The van der Waals surface area contributed by atoms with Crippen LogP contribution in [0.2, 0.25) is 0 Å². The van der Waals surface area contributed by atoms with Gasteiger partial charge in [-0.2, -0.15) is 0 Å². The number of hydrogen-bond acceptors (Lipinski definition) is 1. The normalized spacial score (nSPS) is 12.1. The third-order valence-corrected chi connectivity index (χ3v) is 3.04. The molecule has 2 heteroatoms. The van der Waals surface area contributed by atoms with Crippen LogP contribution in [-0.2, 0) is 10.2 Å². The fraction of sp³-hybridized carbons (Fsp3) is 0.438. The Morgan fingerprint density at radius 2 is 1.72 bits per heavy atom. The average molecular weight is 246 g/mol. The lowest BCUT2D eigenvalue weighted by Gasteiger charge is -2.21. The predicted octanol–water partition coefficient (Wildman–Crippen LogP) is 4.09. The second kappa shape index (κ2) is 5.38. The molecule has 18 heavy (non-hydrogen) atoms. The topological polar surface area (TPSA) is 37.3 Å². The van der Waals surface area contributed by atoms with Gasteiger partial charge in [0.05, 0.1) is 6.42 Å². The van der Waals surface area contributed by atoms with Crippen LogP contribution in [0.3, 0.4) is 0 Å². The van der Waals surface area contributed by atoms with E-state index in [4.69, 9.17) is 5.11 Å². The summed E-state index contributed by atoms with van der Waals surface area (Å²) in [5, 5.41) is 8.63. The van der Waals surface area contributed by atoms with E-state index in [9.17, 15) is 4.79 Å². The average Bonchev–Trinajstić information content (AvgIpc) is 2.20. The molecule has 1 aromatic rings. The van der Waals surface area contributed by atoms with Crippen LogP contribution in [0.4, 0.5) is 0 Å². The van der Waals surface area contributed by atoms with Crippen molar-refractivity contribution < 1.29 is 9.90 Å². The molecular weight excluding hydrogens is 224 g/mol. The van der Waals surface area contributed by atoms with Gasteiger partial charge in [0.1, 0.15) is 0 Å². The SMILES string of the molecule is Cc1cc(C(C)(C)C)cc(C)c1/C=C/CC(=O)O. The summed E-state index contributed by atoms with van der Waals surface area (Å²) in [7, 11) is 0. The van der Waals surface area contributed by atoms with Crippen LogP contribution in [-0.4, -0.2) is 11.1 Å². The van der Waals surface area contributed by atoms with E-state index in [1.165, 1.54) is 16.7 Å². The van der Waals surface area contributed by atoms with Crippen LogP contribution in [0.25, 0.3) is 6.08 Å². The number of hydrogen-bond donors (Lipinski definition) is 1. The number of rotatable bonds is 3. The van der Waals surface area contributed by atoms with E-state index in [1.54, 1.807) is 6.08 Å². The Balaban J connectivity index is 3.09. The minimum Gasteiger partial charge on any atom is -0.481 e. The fourth-order valence-corrected chi connectivity index (χ4v) is 1.95. The number of benzene rings is 1. The number of carboxylic acid groups (broad SMARTS) is 1. The van der Waals surface area contributed by atoms with Gasteiger partial charge >= 0.3 is 5.97 Å². The Bertz CT molecular complexity index is 453. The molecule has 0 saturated heterocycles. The van der Waals surface area contributed by atoms with E-state index in [-0.39, 0.29) is 11.8 Å². The number of aliphatic carboxylic acids is 1. The van der Waals surface area contributed by atoms with E-state index in [1.807, 2.05) is 6.08 Å². The van der Waals surface area contributed by atoms with Crippen molar-refractivity contribution >= 4 is 12.0 Å². The molecule has 1 N–H and O–H groups in total. The molecule has 0 atom stereocenters. The monoisotopic (exact) mass is 246 g/mol. The summed E-state index contributed by atoms with van der Waals surface area (Å²) in [5.74, 6) is -0.798. The molecule has 0 saturated carbocycles. The predicted molar refractivity (Wildman–Crippen MR) is 75.9 cm³/mol. The Morgan fingerprint density at radius 3 is 2.11 bits per heavy atom. The lowest BCUT2D eigenvalue weighted by molar-refractivity contribution is -0.135. The fourth-order valence-electron chi connectivity index (χ4n) is 1.95. The number of carbonyl (C=O) groups is 1. The molecule has 98 valence electrons. The first-order valence-electron chi connectivity index (χ1n) is 6.22. The summed E-state index contributed by atoms with van der Waals surface area (Å²) >= 11 is 0. The molecule has 0 bridgehead atoms. The molecule has 0 fully saturated rings. The van der Waals surface area contributed by atoms with Gasteiger partial charge in [0.25, 0.3) is 0 Å². The van der Waals surface area contributed by atoms with Gasteiger partial charge < -0.3 is 5.11 Å². The van der Waals surface area contributed by atoms with Gasteiger partial charge in [0.15, 0.2) is 0 Å². The first-order valence-corrected chi connectivity index (χ1v) is 6.22. The maximum atomic E-state index is 10.5. The third-order valence-electron chi connectivity index (χ3n) is 3.04. The van der Waals surface area contributed by atoms with Gasteiger partial charge in [0, 0.05) is 0 Å². The lowest BCUT2D eigenvalue weighted by Crippen LogP contribution is -2.12. The van der Waals surface area contributed by atoms with E-state index in [0.29, 0.717) is 0 Å². The molecule has 0 aliphatic carbocycles. The van der Waals surface area contributed by atoms with Crippen LogP contribution >= 0.6 is 0 Å². The van der Waals surface area contributed by atoms with Gasteiger partial charge in [0.2, 0.25) is 0 Å². The first kappa shape index (κ1) is 14.5. The van der Waals surface area contributed by atoms with Crippen LogP contribution in [0.5, 0.6) is 0 Å². The maximum absolute atomic E-state index is 10.5. The molecule has 0 aliphatic rings. The van der Waals surface area contributed by atoms with E-state index < -0.39 is 5.97 Å². The van der Waals surface area contributed by atoms with Crippen molar-refractivity contribution in [3.8, 4) is 0 Å². The van der Waals surface area contributed by atoms with Crippen LogP contribution in [0.1, 0.15) is 49.4 Å². The highest BCUT2D eigenvalue weighted by molar-refractivity contribution is 5.71. The molecule has 0 aliphatic heterocycles. The Labute approximate surface area is 109 Å². The van der Waals surface area contributed by atoms with Crippen molar-refractivity contribution in [3.63, 3.8) is 0 Å². The zero-order valence-corrected chi connectivity index (χ0v) is 11.9. The third kappa shape index (κ3) is 3.73. The molecule has 0 aromatic heterocycles. The molecule has 0 unspecified atom stereocenters. The summed E-state index contributed by atoms with van der Waals surface area (Å²) < 4.78 is 0. The van der Waals surface area contributed by atoms with Crippen molar-refractivity contribution in [2.24, 2.45) is 0 Å². The Kier molecular flexibility index (Phi) is 4.33. The molecule has 0 amide bonds. The molecule has 1 aromatic carbocycles. The molecule has 1 rings (SSSR count). The standard InChI is InChI=1S/C16H22O2/c1-11-9-13(16(3,4)5)10-12(2)14(11)7-6-8-15(17)18/h6-7,9-10H,8H2,1-5H3,(H,17,18)/b7-6+. The van der Waals surface area contributed by atoms with Gasteiger partial charge in [-0.1, -0.05) is 45.1 Å². The summed E-state index contributed by atoms with van der Waals surface area (Å²) in [5.41, 5.74) is 4.97. The number of carboxylic acids is 1. The summed E-state index contributed by atoms with van der Waals surface area (Å²) in [4.78, 5) is 10.5. The molecule has 0 radical (unpaired) electrons. The minimum absolute atomic E-state index is 0.0693. The Morgan fingerprint density at radius 1 is 1.22 bits per heavy atom. The highest BCUT2D eigenvalue weighted by Crippen LogP contribution is 2.27. The van der Waals surface area contributed by atoms with Gasteiger partial charge in [-0.15, -0.1) is 0 Å². The summed E-state index contributed by atoms with van der Waals surface area (Å²) in [6.45, 7) is 10.7. The van der Waals surface area contributed by atoms with Crippen LogP contribution in [0.15, 0.2) is 18.2 Å². The first-order chi connectivity index (χ1) is 8.21. The molecular formula is C16H22O2. The zero-order valence-electron chi connectivity index (χ0n) is 11.9. The van der Waals surface area contributed by atoms with Crippen LogP contribution < -0.4 is 0 Å². The van der Waals surface area contributed by atoms with E-state index in [0.717, 1.165) is 5.56 Å². The quantitative estimate of drug-likeness (QED) is 0.872. The van der Waals surface area contributed by atoms with Crippen LogP contribution in [0, 0.1) is 13.8 Å². The largest absolute Gasteiger partial charge is 0.481 e. The van der Waals surface area contributed by atoms with Crippen molar-refractivity contribution in [2.45, 2.75) is 46.5 Å². The van der Waals surface area contributed by atoms with E-state index in [2.05, 4.69) is 46.8 Å². The maximum Gasteiger partial charge on any atom is 0.307 e. The van der Waals surface area contributed by atoms with Gasteiger partial charge in [-0.05, 0) is 41.5 Å². The van der Waals surface area contributed by atoms with Crippen molar-refractivity contribution in [3.05, 3.63) is 40.5 Å². The van der Waals surface area contributed by atoms with Gasteiger partial charge in [-0.3, -0.25) is 4.79 Å². The lowest BCUT2D eigenvalue weighted by atomic mass is 9.84. The highest BCUT2D eigenvalue weighted by Gasteiger charge is 2.15. The molecule has 0 heterocycles. The summed E-state index contributed by atoms with van der Waals surface area (Å²) in [6.07, 6.45) is 3.68. The second-order valence-electron chi connectivity index (χ2n) is 5.77. The second-order valence-corrected chi connectivity index (χ2v) is 5.77. The Hall–Kier alpha value is -1.57. The van der Waals surface area contributed by atoms with Crippen molar-refractivity contribution in [2.75, 3.05) is 0 Å². The van der Waals surface area contributed by atoms with E-state index >= 15 is 0 Å². The minimum atomic E-state index is -0.798. The summed E-state index contributed by atoms with van der Waals surface area (Å²) in [6, 6.07) is 4.38. The zero-order chi connectivity index (χ0) is 13.9. The smallest absolute Gasteiger partial charge is 0.307 e. The molecule has 0 spiro atoms. The van der Waals surface area contributed by atoms with Crippen molar-refractivity contribution in [1.82, 2.24) is 0 Å². The number of aryl methyl sites for hydroxylation is 2. The van der Waals surface area contributed by atoms with Gasteiger partial charge in [-0.25, -0.2) is 0 Å². The highest BCUT2D eigenvalue weighted by atomic mass is 16.4. The van der Waals surface area contributed by atoms with Crippen molar-refractivity contribution in [1.29, 1.82) is 0 Å².